The minimum Gasteiger partial charge on any atom is -0.398 e. The van der Waals surface area contributed by atoms with Gasteiger partial charge in [-0.05, 0) is 81.6 Å². The summed E-state index contributed by atoms with van der Waals surface area (Å²) >= 11 is 0. The Morgan fingerprint density at radius 1 is 0.593 bits per heavy atom. The number of aryl methyl sites for hydroxylation is 2. The Morgan fingerprint density at radius 3 is 1.56 bits per heavy atom. The highest BCUT2D eigenvalue weighted by Gasteiger charge is 2.44. The Bertz CT molecular complexity index is 1150. The Kier molecular flexibility index (Phi) is 2.82. The summed E-state index contributed by atoms with van der Waals surface area (Å²) in [4.78, 5) is 0. The van der Waals surface area contributed by atoms with Crippen LogP contribution >= 0.6 is 0 Å². The molecule has 27 heavy (non-hydrogen) atoms. The Hall–Kier alpha value is -3.00. The standard InChI is InChI=1S/C25H22N2/c26-19-9-7-15-3-1-5-17-11-13-25(23(19)21(15)17)14-12-18-6-2-4-16-8-10-20(27)24(25)22(16)18/h1-10H,11-14,26-27H2. The van der Waals surface area contributed by atoms with E-state index in [1.165, 1.54) is 43.8 Å². The number of hydrogen-bond donors (Lipinski definition) is 2. The van der Waals surface area contributed by atoms with Crippen LogP contribution in [0.3, 0.4) is 0 Å². The molecule has 0 saturated heterocycles. The average Bonchev–Trinajstić information content (AvgIpc) is 2.70. The second kappa shape index (κ2) is 5.04. The molecule has 0 heterocycles. The predicted octanol–water partition coefficient (Wildman–Crippen LogP) is 5.34. The first-order valence-corrected chi connectivity index (χ1v) is 9.80. The molecule has 0 unspecified atom stereocenters. The summed E-state index contributed by atoms with van der Waals surface area (Å²) in [7, 11) is 0. The van der Waals surface area contributed by atoms with Crippen LogP contribution in [0.25, 0.3) is 21.5 Å². The van der Waals surface area contributed by atoms with E-state index in [1.807, 2.05) is 0 Å². The van der Waals surface area contributed by atoms with Gasteiger partial charge in [-0.15, -0.1) is 0 Å². The van der Waals surface area contributed by atoms with Crippen LogP contribution in [0.5, 0.6) is 0 Å². The number of rotatable bonds is 0. The van der Waals surface area contributed by atoms with Gasteiger partial charge in [0, 0.05) is 16.8 Å². The number of benzene rings is 4. The van der Waals surface area contributed by atoms with Gasteiger partial charge in [-0.1, -0.05) is 48.5 Å². The molecule has 0 aliphatic heterocycles. The quantitative estimate of drug-likeness (QED) is 0.421. The Morgan fingerprint density at radius 2 is 1.07 bits per heavy atom. The van der Waals surface area contributed by atoms with Gasteiger partial charge in [-0.2, -0.15) is 0 Å². The zero-order chi connectivity index (χ0) is 18.2. The number of nitrogen functional groups attached to an aromatic ring is 2. The second-order valence-electron chi connectivity index (χ2n) is 8.17. The molecular weight excluding hydrogens is 328 g/mol. The summed E-state index contributed by atoms with van der Waals surface area (Å²) in [6.07, 6.45) is 4.30. The van der Waals surface area contributed by atoms with E-state index in [0.717, 1.165) is 37.1 Å². The number of hydrogen-bond acceptors (Lipinski definition) is 2. The minimum absolute atomic E-state index is 0.0874. The summed E-state index contributed by atoms with van der Waals surface area (Å²) in [5, 5.41) is 5.31. The number of nitrogens with two attached hydrogens (primary N) is 2. The fourth-order valence-corrected chi connectivity index (χ4v) is 5.84. The van der Waals surface area contributed by atoms with Crippen LogP contribution in [0.15, 0.2) is 60.7 Å². The van der Waals surface area contributed by atoms with E-state index in [4.69, 9.17) is 11.5 Å². The summed E-state index contributed by atoms with van der Waals surface area (Å²) in [6, 6.07) is 21.8. The fraction of sp³-hybridized carbons (Fsp3) is 0.200. The zero-order valence-electron chi connectivity index (χ0n) is 15.3. The van der Waals surface area contributed by atoms with Gasteiger partial charge in [-0.25, -0.2) is 0 Å². The van der Waals surface area contributed by atoms with Crippen molar-refractivity contribution in [1.29, 1.82) is 0 Å². The van der Waals surface area contributed by atoms with E-state index < -0.39 is 0 Å². The fourth-order valence-electron chi connectivity index (χ4n) is 5.84. The smallest absolute Gasteiger partial charge is 0.0362 e. The molecule has 2 nitrogen and oxygen atoms in total. The molecule has 2 aliphatic rings. The minimum atomic E-state index is -0.0874. The number of anilines is 2. The molecule has 0 bridgehead atoms. The molecule has 0 atom stereocenters. The molecule has 0 saturated carbocycles. The van der Waals surface area contributed by atoms with Crippen LogP contribution in [-0.4, -0.2) is 0 Å². The molecule has 132 valence electrons. The molecule has 2 aliphatic carbocycles. The largest absolute Gasteiger partial charge is 0.398 e. The van der Waals surface area contributed by atoms with Crippen molar-refractivity contribution in [3.63, 3.8) is 0 Å². The van der Waals surface area contributed by atoms with E-state index in [1.54, 1.807) is 0 Å². The summed E-state index contributed by atoms with van der Waals surface area (Å²) in [5.41, 5.74) is 20.5. The highest BCUT2D eigenvalue weighted by molar-refractivity contribution is 6.00. The van der Waals surface area contributed by atoms with Gasteiger partial charge < -0.3 is 11.5 Å². The molecule has 4 aromatic rings. The van der Waals surface area contributed by atoms with Crippen LogP contribution in [0.1, 0.15) is 35.1 Å². The summed E-state index contributed by atoms with van der Waals surface area (Å²) in [6.45, 7) is 0. The lowest BCUT2D eigenvalue weighted by molar-refractivity contribution is 0.431. The van der Waals surface area contributed by atoms with Crippen LogP contribution in [0, 0.1) is 0 Å². The Labute approximate surface area is 158 Å². The predicted molar refractivity (Wildman–Crippen MR) is 114 cm³/mol. The van der Waals surface area contributed by atoms with Crippen molar-refractivity contribution in [2.75, 3.05) is 11.5 Å². The van der Waals surface area contributed by atoms with Gasteiger partial charge in [0.15, 0.2) is 0 Å². The van der Waals surface area contributed by atoms with Crippen molar-refractivity contribution in [1.82, 2.24) is 0 Å². The maximum absolute atomic E-state index is 6.66. The molecule has 0 aromatic heterocycles. The van der Waals surface area contributed by atoms with E-state index >= 15 is 0 Å². The molecule has 6 rings (SSSR count). The molecule has 4 N–H and O–H groups in total. The Balaban J connectivity index is 1.81. The summed E-state index contributed by atoms with van der Waals surface area (Å²) in [5.74, 6) is 0. The van der Waals surface area contributed by atoms with Crippen molar-refractivity contribution < 1.29 is 0 Å². The molecule has 2 heteroatoms. The lowest BCUT2D eigenvalue weighted by atomic mass is 9.59. The summed E-state index contributed by atoms with van der Waals surface area (Å²) < 4.78 is 0. The van der Waals surface area contributed by atoms with Crippen molar-refractivity contribution in [2.45, 2.75) is 31.1 Å². The van der Waals surface area contributed by atoms with Gasteiger partial charge in [0.05, 0.1) is 0 Å². The topological polar surface area (TPSA) is 52.0 Å². The van der Waals surface area contributed by atoms with Crippen molar-refractivity contribution in [3.05, 3.63) is 82.9 Å². The third-order valence-electron chi connectivity index (χ3n) is 6.93. The van der Waals surface area contributed by atoms with E-state index in [9.17, 15) is 0 Å². The lowest BCUT2D eigenvalue weighted by Gasteiger charge is -2.44. The van der Waals surface area contributed by atoms with E-state index in [2.05, 4.69) is 60.7 Å². The van der Waals surface area contributed by atoms with Gasteiger partial charge in [0.25, 0.3) is 0 Å². The zero-order valence-corrected chi connectivity index (χ0v) is 15.3. The van der Waals surface area contributed by atoms with Crippen molar-refractivity contribution in [3.8, 4) is 0 Å². The molecule has 0 radical (unpaired) electrons. The maximum Gasteiger partial charge on any atom is 0.0362 e. The molecule has 4 aromatic carbocycles. The van der Waals surface area contributed by atoms with Crippen molar-refractivity contribution in [2.24, 2.45) is 0 Å². The molecule has 1 spiro atoms. The van der Waals surface area contributed by atoms with Gasteiger partial charge in [0.1, 0.15) is 0 Å². The molecule has 0 fully saturated rings. The van der Waals surface area contributed by atoms with Crippen LogP contribution in [0.4, 0.5) is 11.4 Å². The molecule has 0 amide bonds. The van der Waals surface area contributed by atoms with E-state index in [-0.39, 0.29) is 5.41 Å². The van der Waals surface area contributed by atoms with Gasteiger partial charge >= 0.3 is 0 Å². The highest BCUT2D eigenvalue weighted by atomic mass is 14.6. The highest BCUT2D eigenvalue weighted by Crippen LogP contribution is 2.55. The SMILES string of the molecule is Nc1ccc2cccc3c2c1C1(CC3)CCc2cccc3ccc(N)c1c23. The van der Waals surface area contributed by atoms with Crippen LogP contribution in [-0.2, 0) is 18.3 Å². The first-order valence-electron chi connectivity index (χ1n) is 9.80. The van der Waals surface area contributed by atoms with Crippen LogP contribution < -0.4 is 11.5 Å². The molecular formula is C25H22N2. The maximum atomic E-state index is 6.66. The van der Waals surface area contributed by atoms with Crippen molar-refractivity contribution >= 4 is 32.9 Å². The first-order chi connectivity index (χ1) is 13.2. The van der Waals surface area contributed by atoms with E-state index in [0.29, 0.717) is 0 Å². The third-order valence-corrected chi connectivity index (χ3v) is 6.93. The monoisotopic (exact) mass is 350 g/mol. The number of fused-ring (bicyclic) bond motifs is 2. The van der Waals surface area contributed by atoms with Crippen LogP contribution in [0.2, 0.25) is 0 Å². The van der Waals surface area contributed by atoms with Gasteiger partial charge in [-0.3, -0.25) is 0 Å². The second-order valence-corrected chi connectivity index (χ2v) is 8.17. The first kappa shape index (κ1) is 15.1. The van der Waals surface area contributed by atoms with Gasteiger partial charge in [0.2, 0.25) is 0 Å². The third kappa shape index (κ3) is 1.80. The average molecular weight is 350 g/mol. The normalized spacial score (nSPS) is 16.9. The lowest BCUT2D eigenvalue weighted by Crippen LogP contribution is -2.36.